The fraction of sp³-hybridized carbons (Fsp3) is 0.227. The molecule has 0 aromatic heterocycles. The molecule has 0 unspecified atom stereocenters. The minimum atomic E-state index is -3.52. The maximum atomic E-state index is 12.6. The molecule has 0 spiro atoms. The normalized spacial score (nSPS) is 11.6. The second-order valence-electron chi connectivity index (χ2n) is 6.50. The molecule has 0 radical (unpaired) electrons. The Balaban J connectivity index is 1.78. The van der Waals surface area contributed by atoms with Gasteiger partial charge in [0, 0.05) is 24.3 Å². The first kappa shape index (κ1) is 20.8. The molecule has 3 rings (SSSR count). The summed E-state index contributed by atoms with van der Waals surface area (Å²) in [6, 6.07) is 17.3. The number of carbonyl (C=O) groups excluding carboxylic acids is 1. The third kappa shape index (κ3) is 4.41. The first-order valence-corrected chi connectivity index (χ1v) is 10.8. The molecular formula is C22H24N2O4S. The topological polar surface area (TPSA) is 75.7 Å². The summed E-state index contributed by atoms with van der Waals surface area (Å²) in [7, 11) is -1.91. The highest BCUT2D eigenvalue weighted by Gasteiger charge is 2.21. The zero-order valence-corrected chi connectivity index (χ0v) is 17.5. The van der Waals surface area contributed by atoms with Gasteiger partial charge in [-0.25, -0.2) is 8.42 Å². The number of benzene rings is 3. The van der Waals surface area contributed by atoms with Gasteiger partial charge in [0.25, 0.3) is 5.91 Å². The van der Waals surface area contributed by atoms with Crippen molar-refractivity contribution in [1.82, 2.24) is 4.31 Å². The van der Waals surface area contributed by atoms with Gasteiger partial charge >= 0.3 is 0 Å². The summed E-state index contributed by atoms with van der Waals surface area (Å²) in [4.78, 5) is 12.8. The van der Waals surface area contributed by atoms with Gasteiger partial charge in [0.15, 0.2) is 0 Å². The van der Waals surface area contributed by atoms with Gasteiger partial charge in [-0.3, -0.25) is 4.79 Å². The van der Waals surface area contributed by atoms with E-state index in [4.69, 9.17) is 4.74 Å². The van der Waals surface area contributed by atoms with Crippen molar-refractivity contribution in [3.05, 3.63) is 66.2 Å². The Kier molecular flexibility index (Phi) is 6.20. The van der Waals surface area contributed by atoms with E-state index >= 15 is 0 Å². The second-order valence-corrected chi connectivity index (χ2v) is 8.43. The average Bonchev–Trinajstić information content (AvgIpc) is 2.74. The lowest BCUT2D eigenvalue weighted by atomic mass is 10.1. The molecule has 0 bridgehead atoms. The van der Waals surface area contributed by atoms with Crippen molar-refractivity contribution in [3.63, 3.8) is 0 Å². The molecule has 0 aliphatic heterocycles. The summed E-state index contributed by atoms with van der Waals surface area (Å²) in [6.45, 7) is 4.42. The lowest BCUT2D eigenvalue weighted by Crippen LogP contribution is -2.30. The summed E-state index contributed by atoms with van der Waals surface area (Å²) < 4.78 is 31.7. The van der Waals surface area contributed by atoms with E-state index < -0.39 is 10.0 Å². The van der Waals surface area contributed by atoms with Gasteiger partial charge in [-0.2, -0.15) is 4.31 Å². The number of hydrogen-bond donors (Lipinski definition) is 1. The van der Waals surface area contributed by atoms with Gasteiger partial charge in [0.05, 0.1) is 12.0 Å². The first-order chi connectivity index (χ1) is 13.9. The van der Waals surface area contributed by atoms with Crippen LogP contribution in [0.4, 0.5) is 5.69 Å². The summed E-state index contributed by atoms with van der Waals surface area (Å²) >= 11 is 0. The standard InChI is InChI=1S/C22H24N2O4S/c1-4-24(5-2)29(26,27)21-12-9-19(10-13-21)23-22(25)18-7-6-17-15-20(28-3)11-8-16(17)14-18/h6-15H,4-5H2,1-3H3,(H,23,25). The fourth-order valence-electron chi connectivity index (χ4n) is 3.12. The Morgan fingerprint density at radius 1 is 0.931 bits per heavy atom. The molecule has 29 heavy (non-hydrogen) atoms. The maximum absolute atomic E-state index is 12.6. The number of carbonyl (C=O) groups is 1. The number of sulfonamides is 1. The maximum Gasteiger partial charge on any atom is 0.255 e. The summed E-state index contributed by atoms with van der Waals surface area (Å²) in [5, 5.41) is 4.72. The molecule has 0 atom stereocenters. The lowest BCUT2D eigenvalue weighted by Gasteiger charge is -2.18. The number of anilines is 1. The monoisotopic (exact) mass is 412 g/mol. The van der Waals surface area contributed by atoms with E-state index in [1.165, 1.54) is 16.4 Å². The third-order valence-corrected chi connectivity index (χ3v) is 6.83. The van der Waals surface area contributed by atoms with Gasteiger partial charge in [0.2, 0.25) is 10.0 Å². The van der Waals surface area contributed by atoms with Crippen molar-refractivity contribution in [2.24, 2.45) is 0 Å². The Morgan fingerprint density at radius 2 is 1.55 bits per heavy atom. The summed E-state index contributed by atoms with van der Waals surface area (Å²) in [5.41, 5.74) is 1.05. The highest BCUT2D eigenvalue weighted by atomic mass is 32.2. The van der Waals surface area contributed by atoms with Crippen LogP contribution in [0.25, 0.3) is 10.8 Å². The molecule has 0 aliphatic rings. The Hall–Kier alpha value is -2.90. The largest absolute Gasteiger partial charge is 0.497 e. The molecule has 0 aliphatic carbocycles. The van der Waals surface area contributed by atoms with Crippen LogP contribution >= 0.6 is 0 Å². The highest BCUT2D eigenvalue weighted by Crippen LogP contribution is 2.23. The van der Waals surface area contributed by atoms with E-state index in [2.05, 4.69) is 5.32 Å². The van der Waals surface area contributed by atoms with E-state index in [0.29, 0.717) is 24.3 Å². The number of amides is 1. The Morgan fingerprint density at radius 3 is 2.17 bits per heavy atom. The average molecular weight is 413 g/mol. The molecule has 3 aromatic carbocycles. The molecule has 0 heterocycles. The number of nitrogens with zero attached hydrogens (tertiary/aromatic N) is 1. The first-order valence-electron chi connectivity index (χ1n) is 9.38. The third-order valence-electron chi connectivity index (χ3n) is 4.76. The molecule has 0 saturated carbocycles. The fourth-order valence-corrected chi connectivity index (χ4v) is 4.58. The van der Waals surface area contributed by atoms with E-state index in [0.717, 1.165) is 16.5 Å². The number of fused-ring (bicyclic) bond motifs is 1. The molecule has 6 nitrogen and oxygen atoms in total. The smallest absolute Gasteiger partial charge is 0.255 e. The predicted molar refractivity (Wildman–Crippen MR) is 115 cm³/mol. The van der Waals surface area contributed by atoms with Crippen LogP contribution in [0.5, 0.6) is 5.75 Å². The predicted octanol–water partition coefficient (Wildman–Crippen LogP) is 4.13. The van der Waals surface area contributed by atoms with Gasteiger partial charge in [-0.1, -0.05) is 26.0 Å². The van der Waals surface area contributed by atoms with Crippen molar-refractivity contribution in [1.29, 1.82) is 0 Å². The molecule has 1 amide bonds. The highest BCUT2D eigenvalue weighted by molar-refractivity contribution is 7.89. The second kappa shape index (κ2) is 8.63. The zero-order chi connectivity index (χ0) is 21.0. The van der Waals surface area contributed by atoms with E-state index in [-0.39, 0.29) is 10.8 Å². The number of methoxy groups -OCH3 is 1. The summed E-state index contributed by atoms with van der Waals surface area (Å²) in [5.74, 6) is 0.497. The van der Waals surface area contributed by atoms with Gasteiger partial charge in [0.1, 0.15) is 5.75 Å². The van der Waals surface area contributed by atoms with Crippen LogP contribution in [-0.4, -0.2) is 38.8 Å². The summed E-state index contributed by atoms with van der Waals surface area (Å²) in [6.07, 6.45) is 0. The molecule has 152 valence electrons. The van der Waals surface area contributed by atoms with Crippen LogP contribution in [0.15, 0.2) is 65.6 Å². The van der Waals surface area contributed by atoms with Crippen molar-refractivity contribution >= 4 is 32.4 Å². The Labute approximate surface area is 171 Å². The van der Waals surface area contributed by atoms with Crippen LogP contribution in [0.2, 0.25) is 0 Å². The number of rotatable bonds is 7. The van der Waals surface area contributed by atoms with Crippen LogP contribution in [0.3, 0.4) is 0 Å². The van der Waals surface area contributed by atoms with Crippen LogP contribution < -0.4 is 10.1 Å². The van der Waals surface area contributed by atoms with Crippen LogP contribution in [0.1, 0.15) is 24.2 Å². The van der Waals surface area contributed by atoms with Crippen LogP contribution in [-0.2, 0) is 10.0 Å². The van der Waals surface area contributed by atoms with Crippen molar-refractivity contribution in [2.45, 2.75) is 18.7 Å². The minimum absolute atomic E-state index is 0.207. The molecule has 0 saturated heterocycles. The van der Waals surface area contributed by atoms with E-state index in [9.17, 15) is 13.2 Å². The number of ether oxygens (including phenoxy) is 1. The SMILES string of the molecule is CCN(CC)S(=O)(=O)c1ccc(NC(=O)c2ccc3cc(OC)ccc3c2)cc1. The van der Waals surface area contributed by atoms with Crippen molar-refractivity contribution < 1.29 is 17.9 Å². The molecule has 1 N–H and O–H groups in total. The van der Waals surface area contributed by atoms with E-state index in [1.807, 2.05) is 30.3 Å². The number of nitrogens with one attached hydrogen (secondary N) is 1. The minimum Gasteiger partial charge on any atom is -0.497 e. The van der Waals surface area contributed by atoms with Crippen molar-refractivity contribution in [3.8, 4) is 5.75 Å². The van der Waals surface area contributed by atoms with E-state index in [1.54, 1.807) is 39.2 Å². The number of hydrogen-bond acceptors (Lipinski definition) is 4. The quantitative estimate of drug-likeness (QED) is 0.633. The zero-order valence-electron chi connectivity index (χ0n) is 16.7. The molecule has 0 fully saturated rings. The van der Waals surface area contributed by atoms with Gasteiger partial charge in [-0.15, -0.1) is 0 Å². The van der Waals surface area contributed by atoms with Gasteiger partial charge in [-0.05, 0) is 59.3 Å². The lowest BCUT2D eigenvalue weighted by molar-refractivity contribution is 0.102. The molecular weight excluding hydrogens is 388 g/mol. The van der Waals surface area contributed by atoms with Crippen LogP contribution in [0, 0.1) is 0 Å². The Bertz CT molecular complexity index is 1120. The van der Waals surface area contributed by atoms with Gasteiger partial charge < -0.3 is 10.1 Å². The molecule has 7 heteroatoms. The van der Waals surface area contributed by atoms with Crippen molar-refractivity contribution in [2.75, 3.05) is 25.5 Å². The molecule has 3 aromatic rings.